The van der Waals surface area contributed by atoms with Crippen molar-refractivity contribution in [1.29, 1.82) is 0 Å². The molecular weight excluding hydrogens is 192 g/mol. The van der Waals surface area contributed by atoms with Gasteiger partial charge in [0.2, 0.25) is 5.76 Å². The minimum Gasteiger partial charge on any atom is -0.335 e. The van der Waals surface area contributed by atoms with E-state index in [1.165, 1.54) is 0 Å². The van der Waals surface area contributed by atoms with Crippen molar-refractivity contribution in [3.8, 4) is 11.5 Å². The molecule has 15 heavy (non-hydrogen) atoms. The first-order chi connectivity index (χ1) is 6.98. The van der Waals surface area contributed by atoms with Crippen LogP contribution in [0.4, 0.5) is 0 Å². The Balaban J connectivity index is 2.47. The van der Waals surface area contributed by atoms with Gasteiger partial charge in [-0.2, -0.15) is 5.10 Å². The molecule has 0 N–H and O–H groups in total. The topological polar surface area (TPSA) is 56.7 Å². The molecule has 0 saturated carbocycles. The predicted molar refractivity (Wildman–Crippen MR) is 55.2 cm³/mol. The van der Waals surface area contributed by atoms with Gasteiger partial charge in [0.05, 0.1) is 0 Å². The van der Waals surface area contributed by atoms with Crippen molar-refractivity contribution >= 4 is 0 Å². The number of hydrogen-bond donors (Lipinski definition) is 0. The Labute approximate surface area is 88.1 Å². The highest BCUT2D eigenvalue weighted by Crippen LogP contribution is 2.26. The standard InChI is InChI=1S/C10H14N4O/c1-10(2,3)9-5-7(12-14(9)4)8-6-11-13-15-8/h5-6H,1-4H3. The second-order valence-corrected chi connectivity index (χ2v) is 4.57. The smallest absolute Gasteiger partial charge is 0.207 e. The first-order valence-electron chi connectivity index (χ1n) is 4.81. The van der Waals surface area contributed by atoms with E-state index in [0.717, 1.165) is 11.4 Å². The molecule has 2 rings (SSSR count). The molecule has 0 fully saturated rings. The Morgan fingerprint density at radius 2 is 2.07 bits per heavy atom. The van der Waals surface area contributed by atoms with E-state index in [-0.39, 0.29) is 5.41 Å². The third kappa shape index (κ3) is 1.77. The van der Waals surface area contributed by atoms with E-state index in [4.69, 9.17) is 4.52 Å². The zero-order valence-corrected chi connectivity index (χ0v) is 9.35. The Bertz CT molecular complexity index is 450. The summed E-state index contributed by atoms with van der Waals surface area (Å²) in [5.74, 6) is 0.598. The summed E-state index contributed by atoms with van der Waals surface area (Å²) in [5.41, 5.74) is 1.98. The molecule has 0 saturated heterocycles. The van der Waals surface area contributed by atoms with Crippen molar-refractivity contribution in [1.82, 2.24) is 20.2 Å². The highest BCUT2D eigenvalue weighted by Gasteiger charge is 2.20. The van der Waals surface area contributed by atoms with Crippen LogP contribution in [0.1, 0.15) is 26.5 Å². The molecule has 0 radical (unpaired) electrons. The maximum Gasteiger partial charge on any atom is 0.207 e. The van der Waals surface area contributed by atoms with Crippen molar-refractivity contribution in [3.05, 3.63) is 18.0 Å². The van der Waals surface area contributed by atoms with Crippen molar-refractivity contribution in [2.45, 2.75) is 26.2 Å². The minimum atomic E-state index is 0.0629. The molecule has 0 spiro atoms. The van der Waals surface area contributed by atoms with Gasteiger partial charge >= 0.3 is 0 Å². The van der Waals surface area contributed by atoms with Crippen molar-refractivity contribution in [2.24, 2.45) is 7.05 Å². The third-order valence-electron chi connectivity index (χ3n) is 2.26. The number of nitrogens with zero attached hydrogens (tertiary/aromatic N) is 4. The molecule has 0 atom stereocenters. The average molecular weight is 206 g/mol. The molecule has 0 aliphatic rings. The second-order valence-electron chi connectivity index (χ2n) is 4.57. The van der Waals surface area contributed by atoms with Crippen molar-refractivity contribution in [2.75, 3.05) is 0 Å². The highest BCUT2D eigenvalue weighted by atomic mass is 16.5. The van der Waals surface area contributed by atoms with Crippen molar-refractivity contribution in [3.63, 3.8) is 0 Å². The fraction of sp³-hybridized carbons (Fsp3) is 0.500. The van der Waals surface area contributed by atoms with E-state index in [2.05, 4.69) is 36.2 Å². The quantitative estimate of drug-likeness (QED) is 0.713. The molecule has 0 aliphatic heterocycles. The molecular formula is C10H14N4O. The van der Waals surface area contributed by atoms with E-state index in [9.17, 15) is 0 Å². The van der Waals surface area contributed by atoms with Gasteiger partial charge in [0.1, 0.15) is 11.9 Å². The van der Waals surface area contributed by atoms with Gasteiger partial charge in [0.15, 0.2) is 0 Å². The zero-order chi connectivity index (χ0) is 11.1. The normalized spacial score (nSPS) is 12.0. The van der Waals surface area contributed by atoms with Gasteiger partial charge in [-0.3, -0.25) is 4.68 Å². The van der Waals surface area contributed by atoms with Crippen LogP contribution in [0.3, 0.4) is 0 Å². The summed E-state index contributed by atoms with van der Waals surface area (Å²) in [7, 11) is 1.92. The predicted octanol–water partition coefficient (Wildman–Crippen LogP) is 1.77. The Hall–Kier alpha value is -1.65. The van der Waals surface area contributed by atoms with Crippen LogP contribution in [-0.4, -0.2) is 20.2 Å². The van der Waals surface area contributed by atoms with Crippen LogP contribution < -0.4 is 0 Å². The summed E-state index contributed by atoms with van der Waals surface area (Å²) in [5, 5.41) is 11.4. The van der Waals surface area contributed by atoms with E-state index in [1.807, 2.05) is 17.8 Å². The van der Waals surface area contributed by atoms with Gasteiger partial charge in [-0.25, -0.2) is 0 Å². The summed E-state index contributed by atoms with van der Waals surface area (Å²) < 4.78 is 6.82. The maximum absolute atomic E-state index is 4.96. The summed E-state index contributed by atoms with van der Waals surface area (Å²) in [6.07, 6.45) is 1.56. The van der Waals surface area contributed by atoms with Gasteiger partial charge in [-0.05, 0) is 6.07 Å². The Morgan fingerprint density at radius 3 is 2.53 bits per heavy atom. The highest BCUT2D eigenvalue weighted by molar-refractivity contribution is 5.51. The van der Waals surface area contributed by atoms with Crippen LogP contribution in [0.15, 0.2) is 16.8 Å². The van der Waals surface area contributed by atoms with Crippen molar-refractivity contribution < 1.29 is 4.52 Å². The number of hydrogen-bond acceptors (Lipinski definition) is 4. The molecule has 0 aliphatic carbocycles. The summed E-state index contributed by atoms with van der Waals surface area (Å²) >= 11 is 0. The van der Waals surface area contributed by atoms with Crippen LogP contribution in [0, 0.1) is 0 Å². The lowest BCUT2D eigenvalue weighted by molar-refractivity contribution is 0.402. The van der Waals surface area contributed by atoms with Crippen LogP contribution in [-0.2, 0) is 12.5 Å². The van der Waals surface area contributed by atoms with Gasteiger partial charge in [0, 0.05) is 23.4 Å². The lowest BCUT2D eigenvalue weighted by atomic mass is 9.92. The lowest BCUT2D eigenvalue weighted by Crippen LogP contribution is -2.16. The van der Waals surface area contributed by atoms with E-state index in [0.29, 0.717) is 5.76 Å². The van der Waals surface area contributed by atoms with Crippen LogP contribution in [0.5, 0.6) is 0 Å². The molecule has 0 aromatic carbocycles. The summed E-state index contributed by atoms with van der Waals surface area (Å²) in [6, 6.07) is 2.00. The Morgan fingerprint density at radius 1 is 1.33 bits per heavy atom. The minimum absolute atomic E-state index is 0.0629. The number of rotatable bonds is 1. The van der Waals surface area contributed by atoms with Gasteiger partial charge < -0.3 is 4.52 Å². The first kappa shape index (κ1) is 9.89. The Kier molecular flexibility index (Phi) is 2.10. The van der Waals surface area contributed by atoms with Gasteiger partial charge in [-0.1, -0.05) is 20.8 Å². The zero-order valence-electron chi connectivity index (χ0n) is 9.35. The molecule has 2 aromatic rings. The lowest BCUT2D eigenvalue weighted by Gasteiger charge is -2.17. The molecule has 0 amide bonds. The van der Waals surface area contributed by atoms with E-state index < -0.39 is 0 Å². The molecule has 0 bridgehead atoms. The molecule has 5 nitrogen and oxygen atoms in total. The molecule has 2 aromatic heterocycles. The van der Waals surface area contributed by atoms with Crippen LogP contribution >= 0.6 is 0 Å². The third-order valence-corrected chi connectivity index (χ3v) is 2.26. The summed E-state index contributed by atoms with van der Waals surface area (Å²) in [4.78, 5) is 0. The largest absolute Gasteiger partial charge is 0.335 e. The summed E-state index contributed by atoms with van der Waals surface area (Å²) in [6.45, 7) is 6.44. The average Bonchev–Trinajstić information content (AvgIpc) is 2.68. The van der Waals surface area contributed by atoms with Crippen LogP contribution in [0.25, 0.3) is 11.5 Å². The monoisotopic (exact) mass is 206 g/mol. The fourth-order valence-corrected chi connectivity index (χ4v) is 1.57. The fourth-order valence-electron chi connectivity index (χ4n) is 1.57. The molecule has 2 heterocycles. The van der Waals surface area contributed by atoms with E-state index in [1.54, 1.807) is 6.20 Å². The maximum atomic E-state index is 4.96. The second kappa shape index (κ2) is 3.18. The van der Waals surface area contributed by atoms with E-state index >= 15 is 0 Å². The van der Waals surface area contributed by atoms with Gasteiger partial charge in [0.25, 0.3) is 0 Å². The number of aromatic nitrogens is 4. The molecule has 80 valence electrons. The molecule has 0 unspecified atom stereocenters. The van der Waals surface area contributed by atoms with Crippen LogP contribution in [0.2, 0.25) is 0 Å². The number of aryl methyl sites for hydroxylation is 1. The van der Waals surface area contributed by atoms with Gasteiger partial charge in [-0.15, -0.1) is 5.10 Å². The SMILES string of the molecule is Cn1nc(-c2cnno2)cc1C(C)(C)C. The first-order valence-corrected chi connectivity index (χ1v) is 4.81. The molecule has 5 heteroatoms.